The van der Waals surface area contributed by atoms with Gasteiger partial charge in [0.15, 0.2) is 5.96 Å². The van der Waals surface area contributed by atoms with Gasteiger partial charge >= 0.3 is 0 Å². The van der Waals surface area contributed by atoms with Gasteiger partial charge in [-0.2, -0.15) is 0 Å². The van der Waals surface area contributed by atoms with Gasteiger partial charge < -0.3 is 10.2 Å². The lowest BCUT2D eigenvalue weighted by Gasteiger charge is -2.21. The van der Waals surface area contributed by atoms with Crippen LogP contribution in [-0.4, -0.2) is 23.9 Å². The van der Waals surface area contributed by atoms with Crippen LogP contribution in [0.5, 0.6) is 0 Å². The fourth-order valence-corrected chi connectivity index (χ4v) is 1.42. The second kappa shape index (κ2) is 2.95. The largest absolute Gasteiger partial charge is 0.347 e. The number of hydrogen-bond acceptors (Lipinski definition) is 3. The third-order valence-electron chi connectivity index (χ3n) is 2.00. The van der Waals surface area contributed by atoms with Crippen LogP contribution in [0.2, 0.25) is 0 Å². The molecular formula is C8H12N3. The Morgan fingerprint density at radius 2 is 2.18 bits per heavy atom. The standard InChI is InChI=1S/C8H12N3/c1-2-7-11(6-1)8-9-4-3-5-10-8/h3-5H,1-2,6-7H2,(H,9,10). The van der Waals surface area contributed by atoms with Crippen LogP contribution in [0.15, 0.2) is 17.3 Å². The number of nitrogens with zero attached hydrogens (tertiary/aromatic N) is 2. The van der Waals surface area contributed by atoms with E-state index in [4.69, 9.17) is 0 Å². The zero-order valence-corrected chi connectivity index (χ0v) is 6.45. The summed E-state index contributed by atoms with van der Waals surface area (Å²) in [6.07, 6.45) is 6.32. The molecule has 2 rings (SSSR count). The minimum Gasteiger partial charge on any atom is -0.347 e. The monoisotopic (exact) mass is 150 g/mol. The third-order valence-corrected chi connectivity index (χ3v) is 2.00. The van der Waals surface area contributed by atoms with Crippen LogP contribution in [0.1, 0.15) is 12.8 Å². The molecule has 0 aliphatic carbocycles. The van der Waals surface area contributed by atoms with E-state index in [1.807, 2.05) is 18.8 Å². The summed E-state index contributed by atoms with van der Waals surface area (Å²) < 4.78 is 0. The molecule has 1 fully saturated rings. The van der Waals surface area contributed by atoms with Gasteiger partial charge in [0.25, 0.3) is 0 Å². The van der Waals surface area contributed by atoms with Crippen molar-refractivity contribution < 1.29 is 0 Å². The van der Waals surface area contributed by atoms with E-state index in [1.165, 1.54) is 12.8 Å². The molecule has 59 valence electrons. The third kappa shape index (κ3) is 1.37. The summed E-state index contributed by atoms with van der Waals surface area (Å²) in [4.78, 5) is 6.51. The molecule has 0 aromatic heterocycles. The number of hydrogen-bond donors (Lipinski definition) is 1. The van der Waals surface area contributed by atoms with Crippen molar-refractivity contribution in [3.8, 4) is 0 Å². The zero-order chi connectivity index (χ0) is 7.52. The summed E-state index contributed by atoms with van der Waals surface area (Å²) in [7, 11) is 0. The van der Waals surface area contributed by atoms with Crippen molar-refractivity contribution in [2.45, 2.75) is 12.8 Å². The van der Waals surface area contributed by atoms with E-state index in [9.17, 15) is 0 Å². The molecule has 3 heteroatoms. The van der Waals surface area contributed by atoms with Gasteiger partial charge in [-0.05, 0) is 18.9 Å². The van der Waals surface area contributed by atoms with Crippen molar-refractivity contribution in [2.75, 3.05) is 13.1 Å². The van der Waals surface area contributed by atoms with Crippen LogP contribution in [0.3, 0.4) is 0 Å². The first-order valence-corrected chi connectivity index (χ1v) is 4.04. The van der Waals surface area contributed by atoms with Crippen LogP contribution in [-0.2, 0) is 0 Å². The Hall–Kier alpha value is -0.990. The predicted octanol–water partition coefficient (Wildman–Crippen LogP) is 0.717. The van der Waals surface area contributed by atoms with Gasteiger partial charge in [-0.15, -0.1) is 0 Å². The highest BCUT2D eigenvalue weighted by Crippen LogP contribution is 2.08. The fourth-order valence-electron chi connectivity index (χ4n) is 1.42. The number of nitrogens with one attached hydrogen (secondary N) is 1. The van der Waals surface area contributed by atoms with Crippen molar-refractivity contribution in [1.82, 2.24) is 10.2 Å². The van der Waals surface area contributed by atoms with Crippen LogP contribution >= 0.6 is 0 Å². The Kier molecular flexibility index (Phi) is 1.79. The van der Waals surface area contributed by atoms with E-state index < -0.39 is 0 Å². The topological polar surface area (TPSA) is 27.6 Å². The van der Waals surface area contributed by atoms with Gasteiger partial charge in [-0.25, -0.2) is 4.99 Å². The van der Waals surface area contributed by atoms with Crippen molar-refractivity contribution in [1.29, 1.82) is 0 Å². The molecule has 0 unspecified atom stereocenters. The molecule has 0 amide bonds. The SMILES string of the molecule is [CH]1C=CN=C(N2CCCC2)N1. The van der Waals surface area contributed by atoms with E-state index in [1.54, 1.807) is 0 Å². The molecular weight excluding hydrogens is 138 g/mol. The number of likely N-dealkylation sites (tertiary alicyclic amines) is 1. The van der Waals surface area contributed by atoms with Crippen molar-refractivity contribution in [3.05, 3.63) is 18.8 Å². The van der Waals surface area contributed by atoms with Gasteiger partial charge in [0.1, 0.15) is 0 Å². The quantitative estimate of drug-likeness (QED) is 0.551. The summed E-state index contributed by atoms with van der Waals surface area (Å²) in [5.74, 6) is 1.00. The minimum atomic E-state index is 1.00. The Morgan fingerprint density at radius 3 is 2.82 bits per heavy atom. The lowest BCUT2D eigenvalue weighted by Crippen LogP contribution is -2.38. The molecule has 1 N–H and O–H groups in total. The molecule has 0 saturated carbocycles. The first-order chi connectivity index (χ1) is 5.47. The maximum Gasteiger partial charge on any atom is 0.199 e. The number of aliphatic imine (C=N–C) groups is 1. The van der Waals surface area contributed by atoms with Gasteiger partial charge in [-0.3, -0.25) is 0 Å². The minimum absolute atomic E-state index is 1.00. The number of rotatable bonds is 0. The van der Waals surface area contributed by atoms with Crippen molar-refractivity contribution in [2.24, 2.45) is 4.99 Å². The average molecular weight is 150 g/mol. The van der Waals surface area contributed by atoms with Gasteiger partial charge in [0, 0.05) is 19.3 Å². The van der Waals surface area contributed by atoms with Gasteiger partial charge in [0.2, 0.25) is 0 Å². The molecule has 3 nitrogen and oxygen atoms in total. The van der Waals surface area contributed by atoms with E-state index in [2.05, 4.69) is 15.2 Å². The second-order valence-corrected chi connectivity index (χ2v) is 2.80. The lowest BCUT2D eigenvalue weighted by atomic mass is 10.4. The van der Waals surface area contributed by atoms with Crippen LogP contribution < -0.4 is 5.32 Å². The summed E-state index contributed by atoms with van der Waals surface area (Å²) >= 11 is 0. The van der Waals surface area contributed by atoms with E-state index in [0.717, 1.165) is 19.0 Å². The number of guanidine groups is 1. The van der Waals surface area contributed by atoms with Crippen molar-refractivity contribution in [3.63, 3.8) is 0 Å². The average Bonchev–Trinajstić information content (AvgIpc) is 2.58. The molecule has 0 atom stereocenters. The molecule has 0 bridgehead atoms. The van der Waals surface area contributed by atoms with E-state index in [0.29, 0.717) is 0 Å². The van der Waals surface area contributed by atoms with Crippen LogP contribution in [0, 0.1) is 6.54 Å². The lowest BCUT2D eigenvalue weighted by molar-refractivity contribution is 0.501. The first kappa shape index (κ1) is 6.70. The van der Waals surface area contributed by atoms with E-state index in [-0.39, 0.29) is 0 Å². The molecule has 2 heterocycles. The molecule has 2 aliphatic heterocycles. The zero-order valence-electron chi connectivity index (χ0n) is 6.45. The fraction of sp³-hybridized carbons (Fsp3) is 0.500. The highest BCUT2D eigenvalue weighted by Gasteiger charge is 2.15. The normalized spacial score (nSPS) is 23.3. The molecule has 1 radical (unpaired) electrons. The molecule has 0 aromatic rings. The Balaban J connectivity index is 2.02. The Bertz CT molecular complexity index is 190. The highest BCUT2D eigenvalue weighted by molar-refractivity contribution is 5.82. The molecule has 1 saturated heterocycles. The summed E-state index contributed by atoms with van der Waals surface area (Å²) in [5, 5.41) is 3.13. The van der Waals surface area contributed by atoms with Gasteiger partial charge in [0.05, 0.1) is 6.54 Å². The summed E-state index contributed by atoms with van der Waals surface area (Å²) in [6, 6.07) is 0. The smallest absolute Gasteiger partial charge is 0.199 e. The Labute approximate surface area is 66.8 Å². The molecule has 11 heavy (non-hydrogen) atoms. The van der Waals surface area contributed by atoms with Crippen LogP contribution in [0.4, 0.5) is 0 Å². The van der Waals surface area contributed by atoms with Gasteiger partial charge in [-0.1, -0.05) is 0 Å². The maximum absolute atomic E-state index is 4.23. The van der Waals surface area contributed by atoms with Crippen molar-refractivity contribution >= 4 is 5.96 Å². The highest BCUT2D eigenvalue weighted by atomic mass is 15.3. The molecule has 0 spiro atoms. The molecule has 0 aromatic carbocycles. The predicted molar refractivity (Wildman–Crippen MR) is 44.8 cm³/mol. The second-order valence-electron chi connectivity index (χ2n) is 2.80. The first-order valence-electron chi connectivity index (χ1n) is 4.04. The molecule has 2 aliphatic rings. The maximum atomic E-state index is 4.23. The van der Waals surface area contributed by atoms with Crippen LogP contribution in [0.25, 0.3) is 0 Å². The summed E-state index contributed by atoms with van der Waals surface area (Å²) in [5.41, 5.74) is 0. The van der Waals surface area contributed by atoms with E-state index >= 15 is 0 Å². The summed E-state index contributed by atoms with van der Waals surface area (Å²) in [6.45, 7) is 4.21. The Morgan fingerprint density at radius 1 is 1.36 bits per heavy atom.